The molecule has 0 unspecified atom stereocenters. The SMILES string of the molecule is Cc1ccc(C2=C(C#N)[C@H](c3ccccc3Cl)[C@@H]([N+](=O)[O-])O2)cc1. The molecule has 0 radical (unpaired) electrons. The molecule has 0 fully saturated rings. The van der Waals surface area contributed by atoms with Crippen molar-refractivity contribution in [3.05, 3.63) is 85.9 Å². The molecule has 1 aliphatic rings. The van der Waals surface area contributed by atoms with Gasteiger partial charge in [-0.05, 0) is 18.6 Å². The van der Waals surface area contributed by atoms with Gasteiger partial charge in [0.25, 0.3) is 0 Å². The minimum atomic E-state index is -1.38. The molecule has 0 aliphatic carbocycles. The van der Waals surface area contributed by atoms with Crippen molar-refractivity contribution in [2.75, 3.05) is 0 Å². The van der Waals surface area contributed by atoms with Crippen molar-refractivity contribution in [2.45, 2.75) is 19.1 Å². The van der Waals surface area contributed by atoms with Gasteiger partial charge < -0.3 is 4.74 Å². The molecule has 0 aromatic heterocycles. The largest absolute Gasteiger partial charge is 0.427 e. The van der Waals surface area contributed by atoms with Gasteiger partial charge in [-0.25, -0.2) is 0 Å². The van der Waals surface area contributed by atoms with Gasteiger partial charge in [-0.1, -0.05) is 59.6 Å². The van der Waals surface area contributed by atoms with E-state index in [9.17, 15) is 15.4 Å². The fraction of sp³-hybridized carbons (Fsp3) is 0.167. The summed E-state index contributed by atoms with van der Waals surface area (Å²) in [4.78, 5) is 11.0. The molecular weight excluding hydrogens is 328 g/mol. The van der Waals surface area contributed by atoms with E-state index in [-0.39, 0.29) is 11.3 Å². The Labute approximate surface area is 143 Å². The second-order valence-corrected chi connectivity index (χ2v) is 5.92. The number of hydrogen-bond donors (Lipinski definition) is 0. The molecule has 2 atom stereocenters. The third kappa shape index (κ3) is 2.72. The van der Waals surface area contributed by atoms with E-state index in [0.29, 0.717) is 16.1 Å². The lowest BCUT2D eigenvalue weighted by atomic mass is 9.90. The Bertz CT molecular complexity index is 869. The first kappa shape index (κ1) is 16.0. The van der Waals surface area contributed by atoms with Crippen LogP contribution in [0.3, 0.4) is 0 Å². The van der Waals surface area contributed by atoms with Crippen molar-refractivity contribution >= 4 is 17.4 Å². The number of rotatable bonds is 3. The van der Waals surface area contributed by atoms with Crippen LogP contribution in [0.1, 0.15) is 22.6 Å². The molecule has 0 saturated heterocycles. The van der Waals surface area contributed by atoms with Gasteiger partial charge in [0.1, 0.15) is 11.7 Å². The molecule has 0 spiro atoms. The molecule has 2 aromatic carbocycles. The summed E-state index contributed by atoms with van der Waals surface area (Å²) < 4.78 is 5.57. The predicted molar refractivity (Wildman–Crippen MR) is 89.8 cm³/mol. The first-order valence-corrected chi connectivity index (χ1v) is 7.66. The summed E-state index contributed by atoms with van der Waals surface area (Å²) in [5.41, 5.74) is 2.41. The van der Waals surface area contributed by atoms with Crippen LogP contribution in [0, 0.1) is 28.4 Å². The number of ether oxygens (including phenoxy) is 1. The highest BCUT2D eigenvalue weighted by Crippen LogP contribution is 2.44. The van der Waals surface area contributed by atoms with Crippen LogP contribution >= 0.6 is 11.6 Å². The van der Waals surface area contributed by atoms with E-state index in [2.05, 4.69) is 6.07 Å². The number of nitriles is 1. The fourth-order valence-corrected chi connectivity index (χ4v) is 3.04. The van der Waals surface area contributed by atoms with Crippen LogP contribution in [-0.4, -0.2) is 11.2 Å². The van der Waals surface area contributed by atoms with Crippen LogP contribution in [0.15, 0.2) is 54.1 Å². The van der Waals surface area contributed by atoms with Crippen molar-refractivity contribution in [1.82, 2.24) is 0 Å². The molecule has 3 rings (SSSR count). The summed E-state index contributed by atoms with van der Waals surface area (Å²) in [6, 6.07) is 16.2. The van der Waals surface area contributed by atoms with E-state index in [4.69, 9.17) is 16.3 Å². The Morgan fingerprint density at radius 3 is 2.46 bits per heavy atom. The molecular formula is C18H13ClN2O3. The zero-order chi connectivity index (χ0) is 17.3. The first-order chi connectivity index (χ1) is 11.5. The van der Waals surface area contributed by atoms with E-state index >= 15 is 0 Å². The van der Waals surface area contributed by atoms with Gasteiger partial charge in [-0.15, -0.1) is 0 Å². The lowest BCUT2D eigenvalue weighted by Gasteiger charge is -2.14. The Morgan fingerprint density at radius 2 is 1.88 bits per heavy atom. The Balaban J connectivity index is 2.17. The summed E-state index contributed by atoms with van der Waals surface area (Å²) in [5, 5.41) is 21.5. The van der Waals surface area contributed by atoms with Crippen LogP contribution in [0.5, 0.6) is 0 Å². The van der Waals surface area contributed by atoms with Gasteiger partial charge in [0.2, 0.25) is 0 Å². The van der Waals surface area contributed by atoms with Crippen molar-refractivity contribution in [3.63, 3.8) is 0 Å². The van der Waals surface area contributed by atoms with Crippen LogP contribution in [0.4, 0.5) is 0 Å². The normalized spacial score (nSPS) is 19.7. The minimum Gasteiger partial charge on any atom is -0.427 e. The average Bonchev–Trinajstić information content (AvgIpc) is 2.95. The molecule has 120 valence electrons. The highest BCUT2D eigenvalue weighted by Gasteiger charge is 2.47. The molecule has 6 heteroatoms. The molecule has 24 heavy (non-hydrogen) atoms. The lowest BCUT2D eigenvalue weighted by Crippen LogP contribution is -2.26. The molecule has 1 aliphatic heterocycles. The molecule has 0 saturated carbocycles. The molecule has 1 heterocycles. The smallest absolute Gasteiger partial charge is 0.365 e. The quantitative estimate of drug-likeness (QED) is 0.616. The van der Waals surface area contributed by atoms with E-state index < -0.39 is 17.1 Å². The number of benzene rings is 2. The van der Waals surface area contributed by atoms with Crippen molar-refractivity contribution in [3.8, 4) is 6.07 Å². The number of hydrogen-bond acceptors (Lipinski definition) is 4. The molecule has 0 N–H and O–H groups in total. The van der Waals surface area contributed by atoms with Crippen molar-refractivity contribution < 1.29 is 9.66 Å². The maximum Gasteiger partial charge on any atom is 0.365 e. The van der Waals surface area contributed by atoms with Crippen molar-refractivity contribution in [2.24, 2.45) is 0 Å². The van der Waals surface area contributed by atoms with E-state index in [1.807, 2.05) is 19.1 Å². The monoisotopic (exact) mass is 340 g/mol. The Kier molecular flexibility index (Phi) is 4.24. The number of halogens is 1. The second-order valence-electron chi connectivity index (χ2n) is 5.51. The van der Waals surface area contributed by atoms with Crippen LogP contribution < -0.4 is 0 Å². The topological polar surface area (TPSA) is 76.2 Å². The lowest BCUT2D eigenvalue weighted by molar-refractivity contribution is -0.567. The molecule has 5 nitrogen and oxygen atoms in total. The van der Waals surface area contributed by atoms with Gasteiger partial charge in [0.15, 0.2) is 0 Å². The Hall–Kier alpha value is -2.84. The van der Waals surface area contributed by atoms with E-state index in [1.165, 1.54) is 0 Å². The van der Waals surface area contributed by atoms with E-state index in [0.717, 1.165) is 5.56 Å². The predicted octanol–water partition coefficient (Wildman–Crippen LogP) is 4.30. The Morgan fingerprint density at radius 1 is 1.21 bits per heavy atom. The summed E-state index contributed by atoms with van der Waals surface area (Å²) >= 11 is 6.20. The molecule has 0 bridgehead atoms. The third-order valence-electron chi connectivity index (χ3n) is 3.96. The zero-order valence-corrected chi connectivity index (χ0v) is 13.5. The fourth-order valence-electron chi connectivity index (χ4n) is 2.79. The van der Waals surface area contributed by atoms with E-state index in [1.54, 1.807) is 36.4 Å². The summed E-state index contributed by atoms with van der Waals surface area (Å²) in [6.07, 6.45) is -1.38. The van der Waals surface area contributed by atoms with Crippen LogP contribution in [0.25, 0.3) is 5.76 Å². The standard InChI is InChI=1S/C18H13ClN2O3/c1-11-6-8-12(9-7-11)17-14(10-20)16(18(24-17)21(22)23)13-4-2-3-5-15(13)19/h2-9,16,18H,1H3/t16-,18-/m0/s1. The van der Waals surface area contributed by atoms with Gasteiger partial charge in [0, 0.05) is 10.6 Å². The average molecular weight is 341 g/mol. The highest BCUT2D eigenvalue weighted by atomic mass is 35.5. The molecule has 2 aromatic rings. The number of nitrogens with zero attached hydrogens (tertiary/aromatic N) is 2. The van der Waals surface area contributed by atoms with Crippen LogP contribution in [0.2, 0.25) is 5.02 Å². The van der Waals surface area contributed by atoms with Crippen molar-refractivity contribution in [1.29, 1.82) is 5.26 Å². The first-order valence-electron chi connectivity index (χ1n) is 7.29. The van der Waals surface area contributed by atoms with Crippen LogP contribution in [-0.2, 0) is 4.74 Å². The zero-order valence-electron chi connectivity index (χ0n) is 12.8. The second kappa shape index (κ2) is 6.34. The van der Waals surface area contributed by atoms with Gasteiger partial charge >= 0.3 is 6.23 Å². The highest BCUT2D eigenvalue weighted by molar-refractivity contribution is 6.31. The van der Waals surface area contributed by atoms with Gasteiger partial charge in [-0.2, -0.15) is 5.26 Å². The maximum atomic E-state index is 11.5. The summed E-state index contributed by atoms with van der Waals surface area (Å²) in [6.45, 7) is 1.94. The number of nitro groups is 1. The van der Waals surface area contributed by atoms with Gasteiger partial charge in [-0.3, -0.25) is 10.1 Å². The summed E-state index contributed by atoms with van der Waals surface area (Å²) in [5.74, 6) is -0.598. The molecule has 0 amide bonds. The third-order valence-corrected chi connectivity index (χ3v) is 4.31. The summed E-state index contributed by atoms with van der Waals surface area (Å²) in [7, 11) is 0. The minimum absolute atomic E-state index is 0.216. The maximum absolute atomic E-state index is 11.5. The van der Waals surface area contributed by atoms with Gasteiger partial charge in [0.05, 0.1) is 16.6 Å². The number of aryl methyl sites for hydroxylation is 1.